The largest absolute Gasteiger partial charge is 0.309 e. The van der Waals surface area contributed by atoms with E-state index < -0.39 is 0 Å². The zero-order valence-corrected chi connectivity index (χ0v) is 9.80. The molecule has 0 fully saturated rings. The van der Waals surface area contributed by atoms with E-state index in [0.29, 0.717) is 5.92 Å². The summed E-state index contributed by atoms with van der Waals surface area (Å²) in [5.74, 6) is 6.88. The van der Waals surface area contributed by atoms with Crippen LogP contribution in [0.15, 0.2) is 24.3 Å². The summed E-state index contributed by atoms with van der Waals surface area (Å²) in [4.78, 5) is 0. The number of hydrogen-bond acceptors (Lipinski definition) is 1. The lowest BCUT2D eigenvalue weighted by Gasteiger charge is -2.04. The van der Waals surface area contributed by atoms with Crippen LogP contribution >= 0.6 is 0 Å². The molecule has 1 heteroatoms. The van der Waals surface area contributed by atoms with Crippen LogP contribution in [0, 0.1) is 17.8 Å². The van der Waals surface area contributed by atoms with Gasteiger partial charge in [0.1, 0.15) is 0 Å². The van der Waals surface area contributed by atoms with Crippen LogP contribution < -0.4 is 5.32 Å². The van der Waals surface area contributed by atoms with Crippen molar-refractivity contribution in [3.05, 3.63) is 35.4 Å². The second kappa shape index (κ2) is 6.27. The van der Waals surface area contributed by atoms with Crippen molar-refractivity contribution < 1.29 is 0 Å². The third kappa shape index (κ3) is 4.67. The summed E-state index contributed by atoms with van der Waals surface area (Å²) in [7, 11) is 1.90. The molecule has 0 aliphatic carbocycles. The summed E-state index contributed by atoms with van der Waals surface area (Å²) in [6, 6.07) is 8.54. The van der Waals surface area contributed by atoms with E-state index in [0.717, 1.165) is 18.5 Å². The monoisotopic (exact) mass is 201 g/mol. The molecule has 0 heterocycles. The molecule has 1 nitrogen and oxygen atoms in total. The molecule has 0 saturated heterocycles. The first-order chi connectivity index (χ1) is 7.22. The van der Waals surface area contributed by atoms with Crippen LogP contribution in [0.5, 0.6) is 0 Å². The highest BCUT2D eigenvalue weighted by molar-refractivity contribution is 5.36. The summed E-state index contributed by atoms with van der Waals surface area (Å²) >= 11 is 0. The Kier molecular flexibility index (Phi) is 4.93. The van der Waals surface area contributed by atoms with E-state index in [4.69, 9.17) is 0 Å². The van der Waals surface area contributed by atoms with E-state index in [1.165, 1.54) is 5.56 Å². The van der Waals surface area contributed by atoms with E-state index >= 15 is 0 Å². The molecule has 0 aliphatic rings. The van der Waals surface area contributed by atoms with Crippen LogP contribution in [0.1, 0.15) is 25.0 Å². The van der Waals surface area contributed by atoms with Crippen molar-refractivity contribution in [3.8, 4) is 11.8 Å². The summed E-state index contributed by atoms with van der Waals surface area (Å²) in [6.07, 6.45) is 1.14. The van der Waals surface area contributed by atoms with Crippen molar-refractivity contribution in [1.82, 2.24) is 5.32 Å². The molecule has 0 aliphatic heterocycles. The van der Waals surface area contributed by atoms with Crippen molar-refractivity contribution in [2.24, 2.45) is 5.92 Å². The van der Waals surface area contributed by atoms with Gasteiger partial charge in [-0.05, 0) is 37.1 Å². The van der Waals surface area contributed by atoms with Gasteiger partial charge in [-0.3, -0.25) is 0 Å². The van der Waals surface area contributed by atoms with Crippen LogP contribution in [-0.4, -0.2) is 13.6 Å². The van der Waals surface area contributed by atoms with Gasteiger partial charge in [0.15, 0.2) is 0 Å². The van der Waals surface area contributed by atoms with Crippen molar-refractivity contribution in [2.75, 3.05) is 13.6 Å². The maximum absolute atomic E-state index is 3.11. The Bertz CT molecular complexity index is 338. The van der Waals surface area contributed by atoms with Crippen LogP contribution in [0.25, 0.3) is 0 Å². The molecule has 1 aromatic carbocycles. The van der Waals surface area contributed by atoms with Crippen molar-refractivity contribution in [1.29, 1.82) is 0 Å². The highest BCUT2D eigenvalue weighted by atomic mass is 14.8. The van der Waals surface area contributed by atoms with E-state index in [-0.39, 0.29) is 0 Å². The zero-order valence-electron chi connectivity index (χ0n) is 9.80. The fraction of sp³-hybridized carbons (Fsp3) is 0.429. The van der Waals surface area contributed by atoms with Gasteiger partial charge in [-0.2, -0.15) is 0 Å². The number of rotatable bonds is 3. The Morgan fingerprint density at radius 3 is 2.40 bits per heavy atom. The average molecular weight is 201 g/mol. The molecular weight excluding hydrogens is 182 g/mol. The highest BCUT2D eigenvalue weighted by Crippen LogP contribution is 2.08. The molecule has 1 rings (SSSR count). The quantitative estimate of drug-likeness (QED) is 0.741. The molecule has 0 bridgehead atoms. The van der Waals surface area contributed by atoms with Crippen LogP contribution in [-0.2, 0) is 6.42 Å². The molecule has 0 spiro atoms. The smallest absolute Gasteiger partial charge is 0.0577 e. The van der Waals surface area contributed by atoms with Gasteiger partial charge in [0.2, 0.25) is 0 Å². The predicted molar refractivity (Wildman–Crippen MR) is 65.8 cm³/mol. The molecule has 1 aromatic rings. The first-order valence-electron chi connectivity index (χ1n) is 5.44. The predicted octanol–water partition coefficient (Wildman–Crippen LogP) is 2.46. The Hall–Kier alpha value is -1.26. The fourth-order valence-corrected chi connectivity index (χ4v) is 1.43. The van der Waals surface area contributed by atoms with Crippen LogP contribution in [0.2, 0.25) is 0 Å². The maximum atomic E-state index is 3.11. The first-order valence-corrected chi connectivity index (χ1v) is 5.44. The standard InChI is InChI=1S/C14H19N/c1-12(2)11-14-8-6-13(7-9-14)5-4-10-15-3/h6-9,12,15H,10-11H2,1-3H3. The van der Waals surface area contributed by atoms with Gasteiger partial charge in [0, 0.05) is 5.56 Å². The third-order valence-electron chi connectivity index (χ3n) is 2.10. The van der Waals surface area contributed by atoms with E-state index in [1.807, 2.05) is 7.05 Å². The normalized spacial score (nSPS) is 9.87. The maximum Gasteiger partial charge on any atom is 0.0577 e. The Labute approximate surface area is 92.9 Å². The highest BCUT2D eigenvalue weighted by Gasteiger charge is 1.96. The van der Waals surface area contributed by atoms with Gasteiger partial charge in [-0.25, -0.2) is 0 Å². The molecule has 15 heavy (non-hydrogen) atoms. The van der Waals surface area contributed by atoms with Crippen LogP contribution in [0.4, 0.5) is 0 Å². The number of benzene rings is 1. The lowest BCUT2D eigenvalue weighted by Crippen LogP contribution is -2.04. The van der Waals surface area contributed by atoms with E-state index in [2.05, 4.69) is 55.3 Å². The Balaban J connectivity index is 2.61. The second-order valence-corrected chi connectivity index (χ2v) is 4.13. The van der Waals surface area contributed by atoms with Gasteiger partial charge in [0.05, 0.1) is 6.54 Å². The van der Waals surface area contributed by atoms with E-state index in [9.17, 15) is 0 Å². The minimum absolute atomic E-state index is 0.714. The van der Waals surface area contributed by atoms with E-state index in [1.54, 1.807) is 0 Å². The minimum atomic E-state index is 0.714. The van der Waals surface area contributed by atoms with Gasteiger partial charge in [-0.15, -0.1) is 0 Å². The molecule has 0 aromatic heterocycles. The third-order valence-corrected chi connectivity index (χ3v) is 2.10. The summed E-state index contributed by atoms with van der Waals surface area (Å²) in [6.45, 7) is 5.22. The lowest BCUT2D eigenvalue weighted by atomic mass is 10.0. The molecular formula is C14H19N. The van der Waals surface area contributed by atoms with Gasteiger partial charge in [-0.1, -0.05) is 37.8 Å². The molecule has 1 N–H and O–H groups in total. The summed E-state index contributed by atoms with van der Waals surface area (Å²) in [5.41, 5.74) is 2.49. The van der Waals surface area contributed by atoms with Crippen molar-refractivity contribution in [2.45, 2.75) is 20.3 Å². The fourth-order valence-electron chi connectivity index (χ4n) is 1.43. The second-order valence-electron chi connectivity index (χ2n) is 4.13. The molecule has 0 radical (unpaired) electrons. The topological polar surface area (TPSA) is 12.0 Å². The molecule has 0 amide bonds. The summed E-state index contributed by atoms with van der Waals surface area (Å²) < 4.78 is 0. The van der Waals surface area contributed by atoms with Gasteiger partial charge in [0.25, 0.3) is 0 Å². The zero-order chi connectivity index (χ0) is 11.1. The SMILES string of the molecule is CNCC#Cc1ccc(CC(C)C)cc1. The molecule has 0 saturated carbocycles. The average Bonchev–Trinajstić information content (AvgIpc) is 2.20. The molecule has 80 valence electrons. The summed E-state index contributed by atoms with van der Waals surface area (Å²) in [5, 5.41) is 3.00. The van der Waals surface area contributed by atoms with Crippen molar-refractivity contribution in [3.63, 3.8) is 0 Å². The van der Waals surface area contributed by atoms with Crippen molar-refractivity contribution >= 4 is 0 Å². The van der Waals surface area contributed by atoms with Crippen LogP contribution in [0.3, 0.4) is 0 Å². The minimum Gasteiger partial charge on any atom is -0.309 e. The van der Waals surface area contributed by atoms with Gasteiger partial charge >= 0.3 is 0 Å². The number of hydrogen-bond donors (Lipinski definition) is 1. The Morgan fingerprint density at radius 2 is 1.87 bits per heavy atom. The Morgan fingerprint density at radius 1 is 1.20 bits per heavy atom. The lowest BCUT2D eigenvalue weighted by molar-refractivity contribution is 0.647. The molecule has 0 unspecified atom stereocenters. The molecule has 0 atom stereocenters. The van der Waals surface area contributed by atoms with Gasteiger partial charge < -0.3 is 5.32 Å². The number of nitrogens with one attached hydrogen (secondary N) is 1. The first kappa shape index (κ1) is 11.8.